The van der Waals surface area contributed by atoms with Crippen LogP contribution in [0, 0.1) is 5.82 Å². The number of hydrogen-bond acceptors (Lipinski definition) is 2. The van der Waals surface area contributed by atoms with Crippen LogP contribution in [-0.2, 0) is 4.79 Å². The summed E-state index contributed by atoms with van der Waals surface area (Å²) < 4.78 is 13.2. The number of rotatable bonds is 2. The molecule has 70 valence electrons. The summed E-state index contributed by atoms with van der Waals surface area (Å²) in [6.45, 7) is 1.31. The number of hydrogen-bond donors (Lipinski definition) is 1. The standard InChI is InChI=1S/C9H9ClFNO/c1-5(13)9(12)6-3-2-4-7(10)8(6)11/h2-4,9H,12H2,1H3. The molecule has 0 aliphatic heterocycles. The fourth-order valence-electron chi connectivity index (χ4n) is 0.980. The molecule has 0 aliphatic carbocycles. The third-order valence-corrected chi connectivity index (χ3v) is 2.05. The first-order valence-corrected chi connectivity index (χ1v) is 4.11. The third-order valence-electron chi connectivity index (χ3n) is 1.75. The van der Waals surface area contributed by atoms with Gasteiger partial charge in [-0.2, -0.15) is 0 Å². The Morgan fingerprint density at radius 1 is 1.62 bits per heavy atom. The SMILES string of the molecule is CC(=O)C(N)c1cccc(Cl)c1F. The molecule has 0 heterocycles. The normalized spacial score (nSPS) is 12.6. The number of ketones is 1. The van der Waals surface area contributed by atoms with Gasteiger partial charge in [-0.1, -0.05) is 23.7 Å². The lowest BCUT2D eigenvalue weighted by molar-refractivity contribution is -0.118. The molecular formula is C9H9ClFNO. The van der Waals surface area contributed by atoms with Crippen molar-refractivity contribution in [1.29, 1.82) is 0 Å². The lowest BCUT2D eigenvalue weighted by atomic mass is 10.0. The van der Waals surface area contributed by atoms with Crippen molar-refractivity contribution in [2.45, 2.75) is 13.0 Å². The van der Waals surface area contributed by atoms with Crippen molar-refractivity contribution in [3.8, 4) is 0 Å². The second-order valence-electron chi connectivity index (χ2n) is 2.73. The van der Waals surface area contributed by atoms with Crippen LogP contribution >= 0.6 is 11.6 Å². The van der Waals surface area contributed by atoms with E-state index in [1.807, 2.05) is 0 Å². The average Bonchev–Trinajstić information content (AvgIpc) is 2.08. The van der Waals surface area contributed by atoms with Gasteiger partial charge in [-0.3, -0.25) is 4.79 Å². The molecule has 4 heteroatoms. The summed E-state index contributed by atoms with van der Waals surface area (Å²) in [5.74, 6) is -0.909. The van der Waals surface area contributed by atoms with E-state index in [2.05, 4.69) is 0 Å². The number of carbonyl (C=O) groups is 1. The number of halogens is 2. The van der Waals surface area contributed by atoms with Gasteiger partial charge in [0.2, 0.25) is 0 Å². The van der Waals surface area contributed by atoms with E-state index in [4.69, 9.17) is 17.3 Å². The Bertz CT molecular complexity index is 340. The van der Waals surface area contributed by atoms with E-state index < -0.39 is 11.9 Å². The first-order chi connectivity index (χ1) is 6.04. The van der Waals surface area contributed by atoms with E-state index in [0.717, 1.165) is 0 Å². The van der Waals surface area contributed by atoms with E-state index in [1.165, 1.54) is 19.1 Å². The van der Waals surface area contributed by atoms with Crippen LogP contribution in [-0.4, -0.2) is 5.78 Å². The zero-order valence-electron chi connectivity index (χ0n) is 7.05. The Labute approximate surface area is 80.5 Å². The Balaban J connectivity index is 3.15. The minimum Gasteiger partial charge on any atom is -0.318 e. The molecule has 1 unspecified atom stereocenters. The highest BCUT2D eigenvalue weighted by Crippen LogP contribution is 2.22. The van der Waals surface area contributed by atoms with Crippen molar-refractivity contribution in [1.82, 2.24) is 0 Å². The van der Waals surface area contributed by atoms with Gasteiger partial charge in [-0.25, -0.2) is 4.39 Å². The molecule has 2 N–H and O–H groups in total. The first kappa shape index (κ1) is 10.2. The number of nitrogens with two attached hydrogens (primary N) is 1. The minimum absolute atomic E-state index is 0.0193. The highest BCUT2D eigenvalue weighted by molar-refractivity contribution is 6.30. The van der Waals surface area contributed by atoms with Crippen molar-refractivity contribution in [2.75, 3.05) is 0 Å². The molecule has 0 amide bonds. The topological polar surface area (TPSA) is 43.1 Å². The van der Waals surface area contributed by atoms with Gasteiger partial charge in [0, 0.05) is 5.56 Å². The molecule has 1 atom stereocenters. The number of Topliss-reactive ketones (excluding diaryl/α,β-unsaturated/α-hetero) is 1. The van der Waals surface area contributed by atoms with Crippen LogP contribution in [0.1, 0.15) is 18.5 Å². The molecule has 2 nitrogen and oxygen atoms in total. The monoisotopic (exact) mass is 201 g/mol. The highest BCUT2D eigenvalue weighted by Gasteiger charge is 2.16. The van der Waals surface area contributed by atoms with E-state index >= 15 is 0 Å². The van der Waals surface area contributed by atoms with Gasteiger partial charge in [0.05, 0.1) is 11.1 Å². The molecule has 1 aromatic rings. The second-order valence-corrected chi connectivity index (χ2v) is 3.14. The molecule has 0 fully saturated rings. The Hall–Kier alpha value is -0.930. The van der Waals surface area contributed by atoms with Gasteiger partial charge < -0.3 is 5.73 Å². The fraction of sp³-hybridized carbons (Fsp3) is 0.222. The molecule has 1 aromatic carbocycles. The Kier molecular flexibility index (Phi) is 3.01. The van der Waals surface area contributed by atoms with Gasteiger partial charge in [0.25, 0.3) is 0 Å². The molecule has 0 aliphatic rings. The van der Waals surface area contributed by atoms with Crippen LogP contribution in [0.5, 0.6) is 0 Å². The quantitative estimate of drug-likeness (QED) is 0.796. The Morgan fingerprint density at radius 2 is 2.23 bits per heavy atom. The summed E-state index contributed by atoms with van der Waals surface area (Å²) in [6.07, 6.45) is 0. The summed E-state index contributed by atoms with van der Waals surface area (Å²) >= 11 is 5.52. The molecule has 0 saturated heterocycles. The minimum atomic E-state index is -0.932. The molecule has 1 rings (SSSR count). The van der Waals surface area contributed by atoms with E-state index in [1.54, 1.807) is 6.07 Å². The van der Waals surface area contributed by atoms with Crippen molar-refractivity contribution < 1.29 is 9.18 Å². The maximum absolute atomic E-state index is 13.2. The number of carbonyl (C=O) groups excluding carboxylic acids is 1. The summed E-state index contributed by atoms with van der Waals surface area (Å²) in [5.41, 5.74) is 5.60. The molecule has 0 aromatic heterocycles. The van der Waals surface area contributed by atoms with Crippen LogP contribution in [0.15, 0.2) is 18.2 Å². The zero-order valence-corrected chi connectivity index (χ0v) is 7.81. The zero-order chi connectivity index (χ0) is 10.0. The molecular weight excluding hydrogens is 193 g/mol. The summed E-state index contributed by atoms with van der Waals surface area (Å²) in [4.78, 5) is 10.9. The van der Waals surface area contributed by atoms with Gasteiger partial charge in [-0.15, -0.1) is 0 Å². The lowest BCUT2D eigenvalue weighted by Gasteiger charge is -2.09. The maximum Gasteiger partial charge on any atom is 0.151 e. The summed E-state index contributed by atoms with van der Waals surface area (Å²) in [5, 5.41) is -0.0193. The summed E-state index contributed by atoms with van der Waals surface area (Å²) in [6, 6.07) is 3.49. The van der Waals surface area contributed by atoms with Crippen LogP contribution in [0.3, 0.4) is 0 Å². The Morgan fingerprint density at radius 3 is 2.77 bits per heavy atom. The van der Waals surface area contributed by atoms with Crippen LogP contribution in [0.2, 0.25) is 5.02 Å². The van der Waals surface area contributed by atoms with Crippen LogP contribution in [0.25, 0.3) is 0 Å². The fourth-order valence-corrected chi connectivity index (χ4v) is 1.16. The molecule has 0 radical (unpaired) electrons. The largest absolute Gasteiger partial charge is 0.318 e. The van der Waals surface area contributed by atoms with Gasteiger partial charge in [0.15, 0.2) is 5.78 Å². The molecule has 0 bridgehead atoms. The highest BCUT2D eigenvalue weighted by atomic mass is 35.5. The molecule has 13 heavy (non-hydrogen) atoms. The van der Waals surface area contributed by atoms with Crippen LogP contribution < -0.4 is 5.73 Å². The maximum atomic E-state index is 13.2. The summed E-state index contributed by atoms with van der Waals surface area (Å²) in [7, 11) is 0. The average molecular weight is 202 g/mol. The van der Waals surface area contributed by atoms with Crippen molar-refractivity contribution in [3.63, 3.8) is 0 Å². The van der Waals surface area contributed by atoms with E-state index in [9.17, 15) is 9.18 Å². The predicted octanol–water partition coefficient (Wildman–Crippen LogP) is 2.07. The van der Waals surface area contributed by atoms with Gasteiger partial charge >= 0.3 is 0 Å². The third kappa shape index (κ3) is 2.05. The smallest absolute Gasteiger partial charge is 0.151 e. The number of benzene rings is 1. The molecule has 0 spiro atoms. The van der Waals surface area contributed by atoms with Crippen molar-refractivity contribution >= 4 is 17.4 Å². The van der Waals surface area contributed by atoms with Crippen molar-refractivity contribution in [2.24, 2.45) is 5.73 Å². The lowest BCUT2D eigenvalue weighted by Crippen LogP contribution is -2.19. The van der Waals surface area contributed by atoms with Gasteiger partial charge in [0.1, 0.15) is 5.82 Å². The first-order valence-electron chi connectivity index (χ1n) is 3.74. The van der Waals surface area contributed by atoms with Gasteiger partial charge in [-0.05, 0) is 13.0 Å². The second kappa shape index (κ2) is 3.85. The van der Waals surface area contributed by atoms with Crippen molar-refractivity contribution in [3.05, 3.63) is 34.6 Å². The van der Waals surface area contributed by atoms with E-state index in [-0.39, 0.29) is 16.4 Å². The van der Waals surface area contributed by atoms with Crippen LogP contribution in [0.4, 0.5) is 4.39 Å². The predicted molar refractivity (Wildman–Crippen MR) is 49.0 cm³/mol. The molecule has 0 saturated carbocycles. The van der Waals surface area contributed by atoms with E-state index in [0.29, 0.717) is 0 Å².